The van der Waals surface area contributed by atoms with Crippen LogP contribution in [0.4, 0.5) is 0 Å². The van der Waals surface area contributed by atoms with Gasteiger partial charge < -0.3 is 10.1 Å². The Morgan fingerprint density at radius 2 is 2.14 bits per heavy atom. The molecule has 0 amide bonds. The molecular formula is C14H12N4O3. The van der Waals surface area contributed by atoms with Crippen LogP contribution in [0, 0.1) is 6.92 Å². The number of carboxylic acids is 1. The summed E-state index contributed by atoms with van der Waals surface area (Å²) in [6, 6.07) is 4.52. The molecule has 0 spiro atoms. The van der Waals surface area contributed by atoms with E-state index in [1.807, 2.05) is 6.92 Å². The molecule has 7 heteroatoms. The monoisotopic (exact) mass is 284 g/mol. The van der Waals surface area contributed by atoms with Gasteiger partial charge in [-0.15, -0.1) is 0 Å². The fourth-order valence-corrected chi connectivity index (χ4v) is 2.12. The lowest BCUT2D eigenvalue weighted by molar-refractivity contribution is 0.0697. The summed E-state index contributed by atoms with van der Waals surface area (Å²) < 4.78 is 1.50. The Bertz CT molecular complexity index is 877. The van der Waals surface area contributed by atoms with Crippen LogP contribution in [-0.2, 0) is 6.54 Å². The van der Waals surface area contributed by atoms with Crippen LogP contribution >= 0.6 is 0 Å². The lowest BCUT2D eigenvalue weighted by atomic mass is 10.2. The quantitative estimate of drug-likeness (QED) is 0.752. The Morgan fingerprint density at radius 3 is 2.81 bits per heavy atom. The summed E-state index contributed by atoms with van der Waals surface area (Å²) in [6.45, 7) is 2.11. The second-order valence-electron chi connectivity index (χ2n) is 4.70. The Labute approximate surface area is 118 Å². The van der Waals surface area contributed by atoms with E-state index in [1.165, 1.54) is 16.7 Å². The number of aromatic carboxylic acids is 1. The Kier molecular flexibility index (Phi) is 3.02. The fraction of sp³-hybridized carbons (Fsp3) is 0.143. The van der Waals surface area contributed by atoms with Crippen LogP contribution in [0.3, 0.4) is 0 Å². The van der Waals surface area contributed by atoms with E-state index in [2.05, 4.69) is 15.0 Å². The number of nitrogens with zero attached hydrogens (tertiary/aromatic N) is 3. The fourth-order valence-electron chi connectivity index (χ4n) is 2.12. The molecule has 2 heterocycles. The molecule has 21 heavy (non-hydrogen) atoms. The molecule has 0 saturated carbocycles. The lowest BCUT2D eigenvalue weighted by Gasteiger charge is -2.03. The van der Waals surface area contributed by atoms with Crippen molar-refractivity contribution in [1.82, 2.24) is 19.5 Å². The zero-order chi connectivity index (χ0) is 15.0. The molecule has 0 aliphatic carbocycles. The highest BCUT2D eigenvalue weighted by Gasteiger charge is 2.11. The van der Waals surface area contributed by atoms with Crippen molar-refractivity contribution in [3.8, 4) is 0 Å². The average Bonchev–Trinajstić information content (AvgIpc) is 2.76. The van der Waals surface area contributed by atoms with Crippen molar-refractivity contribution in [3.05, 3.63) is 58.0 Å². The molecule has 0 aliphatic heterocycles. The van der Waals surface area contributed by atoms with Gasteiger partial charge in [0.25, 0.3) is 0 Å². The van der Waals surface area contributed by atoms with Gasteiger partial charge in [0.05, 0.1) is 40.7 Å². The number of aromatic amines is 1. The van der Waals surface area contributed by atoms with E-state index in [4.69, 9.17) is 5.11 Å². The van der Waals surface area contributed by atoms with Crippen molar-refractivity contribution in [2.24, 2.45) is 0 Å². The summed E-state index contributed by atoms with van der Waals surface area (Å²) >= 11 is 0. The molecule has 106 valence electrons. The highest BCUT2D eigenvalue weighted by atomic mass is 16.4. The first-order valence-electron chi connectivity index (χ1n) is 6.28. The van der Waals surface area contributed by atoms with Gasteiger partial charge in [-0.05, 0) is 25.1 Å². The highest BCUT2D eigenvalue weighted by molar-refractivity contribution is 5.92. The summed E-state index contributed by atoms with van der Waals surface area (Å²) in [5.41, 5.74) is 2.40. The van der Waals surface area contributed by atoms with E-state index >= 15 is 0 Å². The normalized spacial score (nSPS) is 10.9. The van der Waals surface area contributed by atoms with Gasteiger partial charge in [0.15, 0.2) is 0 Å². The summed E-state index contributed by atoms with van der Waals surface area (Å²) in [7, 11) is 0. The first-order valence-corrected chi connectivity index (χ1v) is 6.28. The molecule has 0 fully saturated rings. The van der Waals surface area contributed by atoms with Crippen LogP contribution in [-0.4, -0.2) is 30.6 Å². The lowest BCUT2D eigenvalue weighted by Crippen LogP contribution is -2.18. The third kappa shape index (κ3) is 2.40. The van der Waals surface area contributed by atoms with Crippen LogP contribution in [0.2, 0.25) is 0 Å². The number of carboxylic acid groups (broad SMARTS) is 1. The number of nitrogens with one attached hydrogen (secondary N) is 1. The minimum atomic E-state index is -1.03. The third-order valence-electron chi connectivity index (χ3n) is 3.18. The number of carbonyl (C=O) groups is 1. The maximum Gasteiger partial charge on any atom is 0.335 e. The third-order valence-corrected chi connectivity index (χ3v) is 3.18. The van der Waals surface area contributed by atoms with Gasteiger partial charge in [-0.25, -0.2) is 9.59 Å². The van der Waals surface area contributed by atoms with Crippen LogP contribution in [0.25, 0.3) is 11.0 Å². The molecule has 2 N–H and O–H groups in total. The number of hydrogen-bond donors (Lipinski definition) is 2. The van der Waals surface area contributed by atoms with Crippen molar-refractivity contribution in [3.63, 3.8) is 0 Å². The Morgan fingerprint density at radius 1 is 1.33 bits per heavy atom. The topological polar surface area (TPSA) is 101 Å². The average molecular weight is 284 g/mol. The molecular weight excluding hydrogens is 272 g/mol. The van der Waals surface area contributed by atoms with Gasteiger partial charge in [-0.3, -0.25) is 14.5 Å². The van der Waals surface area contributed by atoms with E-state index in [9.17, 15) is 9.59 Å². The Hall–Kier alpha value is -2.96. The minimum Gasteiger partial charge on any atom is -0.478 e. The van der Waals surface area contributed by atoms with Crippen molar-refractivity contribution in [1.29, 1.82) is 0 Å². The van der Waals surface area contributed by atoms with Crippen molar-refractivity contribution in [2.75, 3.05) is 0 Å². The second-order valence-corrected chi connectivity index (χ2v) is 4.70. The van der Waals surface area contributed by atoms with Gasteiger partial charge in [0, 0.05) is 6.20 Å². The molecule has 0 aliphatic rings. The Balaban J connectivity index is 2.06. The second kappa shape index (κ2) is 4.86. The number of H-pyrrole nitrogens is 1. The van der Waals surface area contributed by atoms with Crippen LogP contribution in [0.1, 0.15) is 21.7 Å². The number of imidazole rings is 1. The van der Waals surface area contributed by atoms with Crippen molar-refractivity contribution < 1.29 is 9.90 Å². The zero-order valence-electron chi connectivity index (χ0n) is 11.2. The summed E-state index contributed by atoms with van der Waals surface area (Å²) in [4.78, 5) is 34.0. The molecule has 2 aromatic heterocycles. The van der Waals surface area contributed by atoms with Crippen molar-refractivity contribution >= 4 is 17.0 Å². The minimum absolute atomic E-state index is 0.131. The first-order chi connectivity index (χ1) is 10.0. The molecule has 0 saturated heterocycles. The van der Waals surface area contributed by atoms with Gasteiger partial charge in [0.2, 0.25) is 0 Å². The molecule has 0 bridgehead atoms. The smallest absolute Gasteiger partial charge is 0.335 e. The van der Waals surface area contributed by atoms with Crippen LogP contribution < -0.4 is 5.69 Å². The first kappa shape index (κ1) is 13.0. The maximum atomic E-state index is 12.0. The predicted molar refractivity (Wildman–Crippen MR) is 75.4 cm³/mol. The van der Waals surface area contributed by atoms with E-state index < -0.39 is 5.97 Å². The molecule has 7 nitrogen and oxygen atoms in total. The largest absolute Gasteiger partial charge is 0.478 e. The standard InChI is InChI=1S/C14H12N4O3/c1-8-5-16-10(6-15-8)7-18-12-3-2-9(13(19)20)4-11(12)17-14(18)21/h2-6H,7H2,1H3,(H,17,21)(H,19,20). The SMILES string of the molecule is Cc1cnc(Cn2c(=O)[nH]c3cc(C(=O)O)ccc32)cn1. The molecule has 0 unspecified atom stereocenters. The molecule has 3 rings (SSSR count). The number of aromatic nitrogens is 4. The number of rotatable bonds is 3. The summed E-state index contributed by atoms with van der Waals surface area (Å²) in [5, 5.41) is 8.96. The number of hydrogen-bond acceptors (Lipinski definition) is 4. The number of fused-ring (bicyclic) bond motifs is 1. The number of benzene rings is 1. The van der Waals surface area contributed by atoms with Gasteiger partial charge in [-0.2, -0.15) is 0 Å². The van der Waals surface area contributed by atoms with Crippen LogP contribution in [0.15, 0.2) is 35.4 Å². The van der Waals surface area contributed by atoms with E-state index in [0.717, 1.165) is 5.69 Å². The molecule has 0 atom stereocenters. The maximum absolute atomic E-state index is 12.0. The summed E-state index contributed by atoms with van der Waals surface area (Å²) in [5.74, 6) is -1.03. The van der Waals surface area contributed by atoms with E-state index in [-0.39, 0.29) is 17.8 Å². The van der Waals surface area contributed by atoms with Gasteiger partial charge >= 0.3 is 11.7 Å². The van der Waals surface area contributed by atoms with Gasteiger partial charge in [0.1, 0.15) is 0 Å². The molecule has 0 radical (unpaired) electrons. The van der Waals surface area contributed by atoms with E-state index in [1.54, 1.807) is 18.5 Å². The van der Waals surface area contributed by atoms with Gasteiger partial charge in [-0.1, -0.05) is 0 Å². The summed E-state index contributed by atoms with van der Waals surface area (Å²) in [6.07, 6.45) is 3.25. The van der Waals surface area contributed by atoms with Crippen molar-refractivity contribution in [2.45, 2.75) is 13.5 Å². The number of aryl methyl sites for hydroxylation is 1. The zero-order valence-corrected chi connectivity index (χ0v) is 11.2. The molecule has 3 aromatic rings. The van der Waals surface area contributed by atoms with E-state index in [0.29, 0.717) is 16.7 Å². The molecule has 1 aromatic carbocycles. The predicted octanol–water partition coefficient (Wildman–Crippen LogP) is 1.17. The van der Waals surface area contributed by atoms with Crippen LogP contribution in [0.5, 0.6) is 0 Å². The highest BCUT2D eigenvalue weighted by Crippen LogP contribution is 2.14.